The van der Waals surface area contributed by atoms with Gasteiger partial charge < -0.3 is 10.1 Å². The van der Waals surface area contributed by atoms with Crippen LogP contribution in [0, 0.1) is 6.92 Å². The van der Waals surface area contributed by atoms with E-state index in [1.807, 2.05) is 11.3 Å². The van der Waals surface area contributed by atoms with Gasteiger partial charge in [0.05, 0.1) is 17.8 Å². The van der Waals surface area contributed by atoms with Crippen LogP contribution >= 0.6 is 11.3 Å². The summed E-state index contributed by atoms with van der Waals surface area (Å²) in [7, 11) is 1.75. The zero-order valence-corrected chi connectivity index (χ0v) is 14.5. The van der Waals surface area contributed by atoms with Crippen molar-refractivity contribution in [2.24, 2.45) is 0 Å². The lowest BCUT2D eigenvalue weighted by molar-refractivity contribution is 0.177. The van der Waals surface area contributed by atoms with Crippen LogP contribution in [0.15, 0.2) is 0 Å². The lowest BCUT2D eigenvalue weighted by Gasteiger charge is -2.32. The molecule has 0 fully saturated rings. The minimum Gasteiger partial charge on any atom is -0.383 e. The van der Waals surface area contributed by atoms with Gasteiger partial charge in [0.1, 0.15) is 5.01 Å². The molecule has 1 heterocycles. The third-order valence-corrected chi connectivity index (χ3v) is 5.18. The number of hydrogen-bond donors (Lipinski definition) is 1. The Bertz CT molecular complexity index is 392. The molecule has 1 atom stereocenters. The first-order valence-electron chi connectivity index (χ1n) is 7.84. The maximum Gasteiger partial charge on any atom is 0.113 e. The topological polar surface area (TPSA) is 34.1 Å². The molecule has 0 aliphatic heterocycles. The summed E-state index contributed by atoms with van der Waals surface area (Å²) in [4.78, 5) is 6.28. The zero-order valence-electron chi connectivity index (χ0n) is 13.7. The van der Waals surface area contributed by atoms with Gasteiger partial charge in [0.2, 0.25) is 0 Å². The maximum absolute atomic E-state index is 5.19. The van der Waals surface area contributed by atoms with E-state index in [0.717, 1.165) is 32.4 Å². The van der Waals surface area contributed by atoms with Crippen LogP contribution in [0.3, 0.4) is 0 Å². The molecule has 0 amide bonds. The summed E-state index contributed by atoms with van der Waals surface area (Å²) in [5.41, 5.74) is 1.28. The number of unbranched alkanes of at least 4 members (excludes halogenated alkanes) is 1. The van der Waals surface area contributed by atoms with Crippen molar-refractivity contribution in [3.05, 3.63) is 15.6 Å². The molecular formula is C16H30N2OS. The first kappa shape index (κ1) is 17.6. The zero-order chi connectivity index (χ0) is 15.0. The van der Waals surface area contributed by atoms with Crippen molar-refractivity contribution in [1.29, 1.82) is 0 Å². The van der Waals surface area contributed by atoms with Crippen molar-refractivity contribution in [2.75, 3.05) is 20.3 Å². The first-order chi connectivity index (χ1) is 9.63. The van der Waals surface area contributed by atoms with Gasteiger partial charge in [0, 0.05) is 18.5 Å². The smallest absolute Gasteiger partial charge is 0.113 e. The highest BCUT2D eigenvalue weighted by atomic mass is 32.1. The summed E-state index contributed by atoms with van der Waals surface area (Å²) in [6.45, 7) is 10.5. The normalized spacial score (nSPS) is 14.4. The molecule has 0 saturated carbocycles. The Labute approximate surface area is 128 Å². The van der Waals surface area contributed by atoms with Crippen molar-refractivity contribution in [2.45, 2.75) is 65.3 Å². The van der Waals surface area contributed by atoms with E-state index in [2.05, 4.69) is 33.0 Å². The molecular weight excluding hydrogens is 268 g/mol. The third kappa shape index (κ3) is 4.27. The highest BCUT2D eigenvalue weighted by molar-refractivity contribution is 7.11. The number of thiazole rings is 1. The molecule has 1 unspecified atom stereocenters. The lowest BCUT2D eigenvalue weighted by atomic mass is 9.90. The molecule has 116 valence electrons. The molecule has 0 spiro atoms. The van der Waals surface area contributed by atoms with Gasteiger partial charge in [-0.05, 0) is 26.2 Å². The van der Waals surface area contributed by atoms with Gasteiger partial charge in [-0.3, -0.25) is 0 Å². The average Bonchev–Trinajstić information content (AvgIpc) is 2.84. The predicted molar refractivity (Wildman–Crippen MR) is 87.6 cm³/mol. The van der Waals surface area contributed by atoms with Crippen LogP contribution < -0.4 is 5.32 Å². The lowest BCUT2D eigenvalue weighted by Crippen LogP contribution is -2.43. The molecule has 0 bridgehead atoms. The molecule has 0 aromatic carbocycles. The van der Waals surface area contributed by atoms with E-state index in [1.54, 1.807) is 7.11 Å². The molecule has 1 aromatic heterocycles. The number of rotatable bonds is 10. The summed E-state index contributed by atoms with van der Waals surface area (Å²) >= 11 is 1.86. The van der Waals surface area contributed by atoms with Gasteiger partial charge in [-0.25, -0.2) is 4.98 Å². The number of hydrogen-bond acceptors (Lipinski definition) is 4. The van der Waals surface area contributed by atoms with Gasteiger partial charge in [-0.15, -0.1) is 11.3 Å². The Morgan fingerprint density at radius 1 is 1.30 bits per heavy atom. The number of aryl methyl sites for hydroxylation is 2. The summed E-state index contributed by atoms with van der Waals surface area (Å²) in [6, 6.07) is 0. The first-order valence-corrected chi connectivity index (χ1v) is 8.65. The molecule has 1 aromatic rings. The molecule has 0 radical (unpaired) electrons. The van der Waals surface area contributed by atoms with E-state index in [4.69, 9.17) is 9.72 Å². The summed E-state index contributed by atoms with van der Waals surface area (Å²) in [6.07, 6.45) is 5.70. The minimum absolute atomic E-state index is 0.0252. The monoisotopic (exact) mass is 298 g/mol. The minimum atomic E-state index is 0.0252. The molecule has 0 aliphatic carbocycles. The van der Waals surface area contributed by atoms with Crippen LogP contribution in [0.5, 0.6) is 0 Å². The number of aromatic nitrogens is 1. The van der Waals surface area contributed by atoms with Crippen molar-refractivity contribution in [3.63, 3.8) is 0 Å². The Hall–Kier alpha value is -0.450. The average molecular weight is 298 g/mol. The summed E-state index contributed by atoms with van der Waals surface area (Å²) in [5.74, 6) is 0. The number of nitrogens with zero attached hydrogens (tertiary/aromatic N) is 1. The molecule has 20 heavy (non-hydrogen) atoms. The van der Waals surface area contributed by atoms with Crippen molar-refractivity contribution >= 4 is 11.3 Å². The standard InChI is InChI=1S/C16H30N2OS/c1-6-9-10-16(8-3,17-11-12-19-5)15-18-14(7-2)13(4)20-15/h17H,6-12H2,1-5H3. The fourth-order valence-corrected chi connectivity index (χ4v) is 3.82. The molecule has 0 aliphatic rings. The molecule has 0 saturated heterocycles. The van der Waals surface area contributed by atoms with Gasteiger partial charge in [-0.1, -0.05) is 33.6 Å². The van der Waals surface area contributed by atoms with Crippen LogP contribution in [0.2, 0.25) is 0 Å². The Morgan fingerprint density at radius 3 is 2.55 bits per heavy atom. The van der Waals surface area contributed by atoms with E-state index in [0.29, 0.717) is 0 Å². The fraction of sp³-hybridized carbons (Fsp3) is 0.812. The van der Waals surface area contributed by atoms with Gasteiger partial charge in [0.15, 0.2) is 0 Å². The SMILES string of the molecule is CCCCC(CC)(NCCOC)c1nc(CC)c(C)s1. The second-order valence-electron chi connectivity index (χ2n) is 5.33. The highest BCUT2D eigenvalue weighted by Crippen LogP contribution is 2.35. The second kappa shape index (κ2) is 8.75. The van der Waals surface area contributed by atoms with Crippen molar-refractivity contribution in [3.8, 4) is 0 Å². The van der Waals surface area contributed by atoms with E-state index in [1.165, 1.54) is 28.4 Å². The van der Waals surface area contributed by atoms with Crippen LogP contribution in [0.25, 0.3) is 0 Å². The molecule has 1 N–H and O–H groups in total. The van der Waals surface area contributed by atoms with E-state index < -0.39 is 0 Å². The van der Waals surface area contributed by atoms with Gasteiger partial charge >= 0.3 is 0 Å². The fourth-order valence-electron chi connectivity index (χ4n) is 2.56. The van der Waals surface area contributed by atoms with Gasteiger partial charge in [0.25, 0.3) is 0 Å². The number of ether oxygens (including phenoxy) is 1. The predicted octanol–water partition coefficient (Wildman–Crippen LogP) is 4.05. The van der Waals surface area contributed by atoms with E-state index in [9.17, 15) is 0 Å². The molecule has 3 nitrogen and oxygen atoms in total. The van der Waals surface area contributed by atoms with Crippen LogP contribution in [0.1, 0.15) is 62.0 Å². The van der Waals surface area contributed by atoms with Gasteiger partial charge in [-0.2, -0.15) is 0 Å². The molecule has 4 heteroatoms. The van der Waals surface area contributed by atoms with E-state index >= 15 is 0 Å². The van der Waals surface area contributed by atoms with Crippen molar-refractivity contribution in [1.82, 2.24) is 10.3 Å². The van der Waals surface area contributed by atoms with Crippen LogP contribution in [0.4, 0.5) is 0 Å². The third-order valence-electron chi connectivity index (χ3n) is 3.97. The second-order valence-corrected chi connectivity index (χ2v) is 6.54. The van der Waals surface area contributed by atoms with Crippen LogP contribution in [-0.2, 0) is 16.7 Å². The summed E-state index contributed by atoms with van der Waals surface area (Å²) in [5, 5.41) is 4.99. The number of nitrogens with one attached hydrogen (secondary N) is 1. The van der Waals surface area contributed by atoms with Crippen molar-refractivity contribution < 1.29 is 4.74 Å². The Balaban J connectivity index is 2.98. The van der Waals surface area contributed by atoms with Crippen LogP contribution in [-0.4, -0.2) is 25.2 Å². The number of methoxy groups -OCH3 is 1. The molecule has 1 rings (SSSR count). The Morgan fingerprint density at radius 2 is 2.05 bits per heavy atom. The largest absolute Gasteiger partial charge is 0.383 e. The van der Waals surface area contributed by atoms with E-state index in [-0.39, 0.29) is 5.54 Å². The highest BCUT2D eigenvalue weighted by Gasteiger charge is 2.32. The quantitative estimate of drug-likeness (QED) is 0.662. The summed E-state index contributed by atoms with van der Waals surface area (Å²) < 4.78 is 5.19. The maximum atomic E-state index is 5.19. The Kier molecular flexibility index (Phi) is 7.70.